The summed E-state index contributed by atoms with van der Waals surface area (Å²) in [5.41, 5.74) is 3.84. The Balaban J connectivity index is 1.44. The van der Waals surface area contributed by atoms with Crippen LogP contribution < -0.4 is 16.0 Å². The second-order valence-electron chi connectivity index (χ2n) is 10.00. The van der Waals surface area contributed by atoms with E-state index >= 15 is 0 Å². The number of thiocarbonyl (C=S) groups is 1. The number of rotatable bonds is 12. The second-order valence-corrected chi connectivity index (χ2v) is 13.9. The van der Waals surface area contributed by atoms with E-state index in [9.17, 15) is 19.1 Å². The zero-order chi connectivity index (χ0) is 31.0. The molecule has 4 rings (SSSR count). The molecule has 43 heavy (non-hydrogen) atoms. The van der Waals surface area contributed by atoms with E-state index in [0.29, 0.717) is 52.3 Å². The number of carbonyl (C=O) groups excluding carboxylic acids is 1. The fourth-order valence-corrected chi connectivity index (χ4v) is 7.54. The zero-order valence-corrected chi connectivity index (χ0v) is 27.1. The molecule has 0 spiro atoms. The van der Waals surface area contributed by atoms with Gasteiger partial charge in [0, 0.05) is 34.1 Å². The summed E-state index contributed by atoms with van der Waals surface area (Å²) >= 11 is 13.0. The Morgan fingerprint density at radius 1 is 0.977 bits per heavy atom. The zero-order valence-electron chi connectivity index (χ0n) is 23.8. The predicted molar refractivity (Wildman–Crippen MR) is 180 cm³/mol. The summed E-state index contributed by atoms with van der Waals surface area (Å²) in [7, 11) is -4.39. The van der Waals surface area contributed by atoms with E-state index in [1.54, 1.807) is 50.2 Å². The summed E-state index contributed by atoms with van der Waals surface area (Å²) in [6.07, 6.45) is 1.25. The average molecular weight is 657 g/mol. The van der Waals surface area contributed by atoms with E-state index in [1.807, 2.05) is 42.5 Å². The highest BCUT2D eigenvalue weighted by Gasteiger charge is 2.45. The largest absolute Gasteiger partial charge is 0.358 e. The van der Waals surface area contributed by atoms with Crippen LogP contribution in [0.25, 0.3) is 11.3 Å². The van der Waals surface area contributed by atoms with Gasteiger partial charge in [-0.3, -0.25) is 9.36 Å². The van der Waals surface area contributed by atoms with Crippen molar-refractivity contribution in [1.82, 2.24) is 10.3 Å². The van der Waals surface area contributed by atoms with Crippen molar-refractivity contribution in [2.75, 3.05) is 10.6 Å². The molecule has 1 aromatic heterocycles. The molecule has 8 nitrogen and oxygen atoms in total. The number of hydrogen-bond donors (Lipinski definition) is 5. The van der Waals surface area contributed by atoms with Gasteiger partial charge in [0.2, 0.25) is 5.91 Å². The topological polar surface area (TPSA) is 124 Å². The number of nitrogens with one attached hydrogen (secondary N) is 3. The van der Waals surface area contributed by atoms with Gasteiger partial charge >= 0.3 is 7.60 Å². The number of carbonyl (C=O) groups is 1. The van der Waals surface area contributed by atoms with Crippen LogP contribution in [0, 0.1) is 0 Å². The van der Waals surface area contributed by atoms with Crippen molar-refractivity contribution in [3.63, 3.8) is 0 Å². The lowest BCUT2D eigenvalue weighted by Crippen LogP contribution is -2.27. The number of nitrogens with zero attached hydrogens (tertiary/aromatic N) is 1. The van der Waals surface area contributed by atoms with Crippen molar-refractivity contribution in [2.45, 2.75) is 51.2 Å². The number of halogens is 1. The summed E-state index contributed by atoms with van der Waals surface area (Å²) < 4.78 is 12.3. The lowest BCUT2D eigenvalue weighted by atomic mass is 9.92. The second kappa shape index (κ2) is 14.6. The highest BCUT2D eigenvalue weighted by molar-refractivity contribution is 7.80. The Labute approximate surface area is 266 Å². The van der Waals surface area contributed by atoms with Crippen molar-refractivity contribution in [1.29, 1.82) is 0 Å². The summed E-state index contributed by atoms with van der Waals surface area (Å²) in [6, 6.07) is 24.0. The molecule has 0 atom stereocenters. The van der Waals surface area contributed by atoms with E-state index in [4.69, 9.17) is 28.8 Å². The molecule has 1 heterocycles. The molecule has 3 aromatic carbocycles. The normalized spacial score (nSPS) is 11.7. The van der Waals surface area contributed by atoms with Crippen molar-refractivity contribution in [3.8, 4) is 11.3 Å². The predicted octanol–water partition coefficient (Wildman–Crippen LogP) is 7.71. The molecule has 5 N–H and O–H groups in total. The van der Waals surface area contributed by atoms with Gasteiger partial charge < -0.3 is 25.7 Å². The maximum absolute atomic E-state index is 12.9. The van der Waals surface area contributed by atoms with E-state index < -0.39 is 12.8 Å². The molecule has 0 saturated carbocycles. The van der Waals surface area contributed by atoms with Gasteiger partial charge in [-0.05, 0) is 66.9 Å². The minimum Gasteiger partial charge on any atom is -0.358 e. The quantitative estimate of drug-likeness (QED) is 0.0776. The van der Waals surface area contributed by atoms with Crippen LogP contribution in [-0.2, 0) is 27.5 Å². The number of hydrogen-bond acceptors (Lipinski definition) is 5. The van der Waals surface area contributed by atoms with Crippen LogP contribution in [-0.4, -0.2) is 25.8 Å². The van der Waals surface area contributed by atoms with Gasteiger partial charge in [0.1, 0.15) is 0 Å². The molecule has 12 heteroatoms. The summed E-state index contributed by atoms with van der Waals surface area (Å²) in [4.78, 5) is 38.7. The first kappa shape index (κ1) is 32.8. The third kappa shape index (κ3) is 8.29. The molecule has 0 bridgehead atoms. The van der Waals surface area contributed by atoms with E-state index in [-0.39, 0.29) is 12.3 Å². The van der Waals surface area contributed by atoms with Crippen molar-refractivity contribution < 1.29 is 19.1 Å². The number of amides is 1. The Morgan fingerprint density at radius 2 is 1.63 bits per heavy atom. The van der Waals surface area contributed by atoms with Crippen molar-refractivity contribution in [3.05, 3.63) is 99.9 Å². The number of benzene rings is 3. The van der Waals surface area contributed by atoms with Crippen LogP contribution in [0.4, 0.5) is 10.8 Å². The van der Waals surface area contributed by atoms with Gasteiger partial charge in [0.25, 0.3) is 0 Å². The van der Waals surface area contributed by atoms with Gasteiger partial charge in [0.05, 0.1) is 10.9 Å². The van der Waals surface area contributed by atoms with Crippen molar-refractivity contribution in [2.24, 2.45) is 0 Å². The molecular weight excluding hydrogens is 623 g/mol. The minimum atomic E-state index is -4.39. The summed E-state index contributed by atoms with van der Waals surface area (Å²) in [6.45, 7) is 4.12. The molecule has 0 fully saturated rings. The third-order valence-corrected chi connectivity index (χ3v) is 10.9. The number of aromatic nitrogens is 1. The van der Waals surface area contributed by atoms with E-state index in [0.717, 1.165) is 21.7 Å². The molecule has 4 aromatic rings. The van der Waals surface area contributed by atoms with Crippen LogP contribution in [0.15, 0.2) is 78.9 Å². The van der Waals surface area contributed by atoms with E-state index in [2.05, 4.69) is 16.0 Å². The lowest BCUT2D eigenvalue weighted by Gasteiger charge is -2.33. The Bertz CT molecular complexity index is 1590. The maximum Gasteiger partial charge on any atom is 0.335 e. The summed E-state index contributed by atoms with van der Waals surface area (Å²) in [5.74, 6) is -0.190. The fraction of sp³-hybridized carbons (Fsp3) is 0.258. The fourth-order valence-electron chi connectivity index (χ4n) is 4.88. The Morgan fingerprint density at radius 3 is 2.23 bits per heavy atom. The number of thiazole rings is 1. The summed E-state index contributed by atoms with van der Waals surface area (Å²) in [5, 5.41) is 9.68. The van der Waals surface area contributed by atoms with Crippen LogP contribution >= 0.6 is 42.8 Å². The van der Waals surface area contributed by atoms with Gasteiger partial charge in [-0.1, -0.05) is 80.0 Å². The molecule has 0 aliphatic heterocycles. The SMILES string of the molecule is CCC(CC)(c1ccc(NC(=O)CCc2sc(NC(=S)NCc3ccccc3)nc2-c2ccc(Cl)cc2)cc1)P(=O)(O)O. The molecule has 0 radical (unpaired) electrons. The van der Waals surface area contributed by atoms with E-state index in [1.165, 1.54) is 11.3 Å². The standard InChI is InChI=1S/C31H34ClN4O4PS2/c1-3-31(4-2,41(38,39)40)23-12-16-25(17-13-23)34-27(37)19-18-26-28(22-10-14-24(32)15-11-22)35-30(43-26)36-29(42)33-20-21-8-6-5-7-9-21/h5-17H,3-4,18-20H2,1-2H3,(H,34,37)(H2,38,39,40)(H2,33,35,36,42). The van der Waals surface area contributed by atoms with Crippen LogP contribution in [0.2, 0.25) is 5.02 Å². The molecular formula is C31H34ClN4O4PS2. The smallest absolute Gasteiger partial charge is 0.335 e. The van der Waals surface area contributed by atoms with Crippen LogP contribution in [0.5, 0.6) is 0 Å². The molecule has 0 aliphatic carbocycles. The highest BCUT2D eigenvalue weighted by atomic mass is 35.5. The number of anilines is 2. The van der Waals surface area contributed by atoms with Crippen LogP contribution in [0.1, 0.15) is 49.1 Å². The molecule has 0 aliphatic rings. The first-order chi connectivity index (χ1) is 20.5. The van der Waals surface area contributed by atoms with Gasteiger partial charge in [-0.2, -0.15) is 0 Å². The first-order valence-electron chi connectivity index (χ1n) is 13.8. The maximum atomic E-state index is 12.9. The third-order valence-electron chi connectivity index (χ3n) is 7.34. The number of aryl methyl sites for hydroxylation is 1. The van der Waals surface area contributed by atoms with Crippen LogP contribution in [0.3, 0.4) is 0 Å². The average Bonchev–Trinajstić information content (AvgIpc) is 3.39. The first-order valence-corrected chi connectivity index (χ1v) is 17.1. The molecule has 0 unspecified atom stereocenters. The monoisotopic (exact) mass is 656 g/mol. The van der Waals surface area contributed by atoms with Gasteiger partial charge in [-0.15, -0.1) is 11.3 Å². The van der Waals surface area contributed by atoms with Crippen molar-refractivity contribution >= 4 is 64.6 Å². The minimum absolute atomic E-state index is 0.190. The molecule has 1 amide bonds. The Hall–Kier alpha value is -3.11. The highest BCUT2D eigenvalue weighted by Crippen LogP contribution is 2.60. The molecule has 0 saturated heterocycles. The lowest BCUT2D eigenvalue weighted by molar-refractivity contribution is -0.116. The molecule has 226 valence electrons. The van der Waals surface area contributed by atoms with Gasteiger partial charge in [0.15, 0.2) is 10.2 Å². The Kier molecular flexibility index (Phi) is 11.1. The van der Waals surface area contributed by atoms with Gasteiger partial charge in [-0.25, -0.2) is 4.98 Å².